The van der Waals surface area contributed by atoms with Crippen LogP contribution < -0.4 is 0 Å². The molecular formula is C18H14BrN3O2S2. The fourth-order valence-electron chi connectivity index (χ4n) is 2.73. The average molecular weight is 448 g/mol. The van der Waals surface area contributed by atoms with Crippen LogP contribution in [0.2, 0.25) is 0 Å². The maximum Gasteiger partial charge on any atom is 0.268 e. The summed E-state index contributed by atoms with van der Waals surface area (Å²) in [6.45, 7) is 3.80. The molecule has 0 atom stereocenters. The molecule has 0 spiro atoms. The lowest BCUT2D eigenvalue weighted by Gasteiger charge is -2.07. The largest absolute Gasteiger partial charge is 0.268 e. The molecule has 0 N–H and O–H groups in total. The Morgan fingerprint density at radius 2 is 1.77 bits per heavy atom. The SMILES string of the molecule is Cc1ccc(S(=O)(=O)n2cc(-c3nc(Br)cs3)c3nc(C)ccc32)cc1. The monoisotopic (exact) mass is 447 g/mol. The van der Waals surface area contributed by atoms with Crippen LogP contribution in [-0.4, -0.2) is 22.4 Å². The molecule has 0 saturated carbocycles. The molecule has 0 aliphatic carbocycles. The number of pyridine rings is 1. The lowest BCUT2D eigenvalue weighted by atomic mass is 10.2. The Bertz CT molecular complexity index is 1230. The Kier molecular flexibility index (Phi) is 4.21. The van der Waals surface area contributed by atoms with Gasteiger partial charge in [0, 0.05) is 17.3 Å². The second-order valence-corrected chi connectivity index (χ2v) is 9.44. The molecule has 132 valence electrons. The summed E-state index contributed by atoms with van der Waals surface area (Å²) in [7, 11) is -3.73. The Balaban J connectivity index is 2.00. The Morgan fingerprint density at radius 3 is 2.42 bits per heavy atom. The fraction of sp³-hybridized carbons (Fsp3) is 0.111. The van der Waals surface area contributed by atoms with Gasteiger partial charge in [-0.1, -0.05) is 17.7 Å². The number of fused-ring (bicyclic) bond motifs is 1. The van der Waals surface area contributed by atoms with Crippen LogP contribution in [-0.2, 0) is 10.0 Å². The molecule has 3 heterocycles. The van der Waals surface area contributed by atoms with Gasteiger partial charge in [-0.25, -0.2) is 17.4 Å². The number of aryl methyl sites for hydroxylation is 2. The van der Waals surface area contributed by atoms with E-state index in [1.54, 1.807) is 36.5 Å². The van der Waals surface area contributed by atoms with Crippen LogP contribution in [0.1, 0.15) is 11.3 Å². The molecule has 1 aromatic carbocycles. The van der Waals surface area contributed by atoms with E-state index in [0.717, 1.165) is 16.3 Å². The van der Waals surface area contributed by atoms with Gasteiger partial charge in [-0.15, -0.1) is 11.3 Å². The van der Waals surface area contributed by atoms with Gasteiger partial charge < -0.3 is 0 Å². The van der Waals surface area contributed by atoms with Crippen molar-refractivity contribution in [2.45, 2.75) is 18.7 Å². The first-order valence-corrected chi connectivity index (χ1v) is 10.9. The van der Waals surface area contributed by atoms with E-state index >= 15 is 0 Å². The highest BCUT2D eigenvalue weighted by molar-refractivity contribution is 9.10. The van der Waals surface area contributed by atoms with Gasteiger partial charge >= 0.3 is 0 Å². The van der Waals surface area contributed by atoms with Crippen molar-refractivity contribution >= 4 is 48.3 Å². The minimum atomic E-state index is -3.73. The van der Waals surface area contributed by atoms with Gasteiger partial charge in [0.1, 0.15) is 9.61 Å². The molecule has 0 unspecified atom stereocenters. The summed E-state index contributed by atoms with van der Waals surface area (Å²) in [5.74, 6) is 0. The van der Waals surface area contributed by atoms with E-state index in [0.29, 0.717) is 21.2 Å². The number of aromatic nitrogens is 3. The molecule has 4 aromatic rings. The van der Waals surface area contributed by atoms with E-state index < -0.39 is 10.0 Å². The number of thiazole rings is 1. The second kappa shape index (κ2) is 6.29. The summed E-state index contributed by atoms with van der Waals surface area (Å²) in [4.78, 5) is 9.24. The lowest BCUT2D eigenvalue weighted by Crippen LogP contribution is -2.11. The van der Waals surface area contributed by atoms with Crippen molar-refractivity contribution in [3.8, 4) is 10.6 Å². The van der Waals surface area contributed by atoms with Crippen molar-refractivity contribution in [3.63, 3.8) is 0 Å². The smallest absolute Gasteiger partial charge is 0.251 e. The molecule has 26 heavy (non-hydrogen) atoms. The normalized spacial score (nSPS) is 12.0. The molecule has 0 amide bonds. The predicted octanol–water partition coefficient (Wildman–Crippen LogP) is 4.78. The van der Waals surface area contributed by atoms with Crippen LogP contribution in [0.4, 0.5) is 0 Å². The topological polar surface area (TPSA) is 64.8 Å². The number of rotatable bonds is 3. The minimum Gasteiger partial charge on any atom is -0.251 e. The summed E-state index contributed by atoms with van der Waals surface area (Å²) in [5.41, 5.74) is 3.70. The van der Waals surface area contributed by atoms with Gasteiger partial charge in [0.05, 0.1) is 21.5 Å². The first-order chi connectivity index (χ1) is 12.4. The predicted molar refractivity (Wildman–Crippen MR) is 107 cm³/mol. The first kappa shape index (κ1) is 17.4. The molecule has 0 bridgehead atoms. The van der Waals surface area contributed by atoms with Gasteiger partial charge in [-0.05, 0) is 54.0 Å². The number of hydrogen-bond acceptors (Lipinski definition) is 5. The van der Waals surface area contributed by atoms with Gasteiger partial charge in [0.2, 0.25) is 0 Å². The van der Waals surface area contributed by atoms with Gasteiger partial charge in [0.25, 0.3) is 10.0 Å². The number of hydrogen-bond donors (Lipinski definition) is 0. The zero-order valence-corrected chi connectivity index (χ0v) is 17.2. The second-order valence-electron chi connectivity index (χ2n) is 5.95. The maximum absolute atomic E-state index is 13.2. The zero-order valence-electron chi connectivity index (χ0n) is 14.0. The maximum atomic E-state index is 13.2. The van der Waals surface area contributed by atoms with Gasteiger partial charge in [0.15, 0.2) is 0 Å². The van der Waals surface area contributed by atoms with Crippen molar-refractivity contribution in [2.75, 3.05) is 0 Å². The van der Waals surface area contributed by atoms with E-state index in [1.807, 2.05) is 25.3 Å². The van der Waals surface area contributed by atoms with E-state index in [9.17, 15) is 8.42 Å². The highest BCUT2D eigenvalue weighted by Gasteiger charge is 2.23. The van der Waals surface area contributed by atoms with Crippen LogP contribution >= 0.6 is 27.3 Å². The molecular weight excluding hydrogens is 434 g/mol. The molecule has 4 rings (SSSR count). The summed E-state index contributed by atoms with van der Waals surface area (Å²) in [6, 6.07) is 10.4. The van der Waals surface area contributed by atoms with E-state index in [2.05, 4.69) is 25.9 Å². The summed E-state index contributed by atoms with van der Waals surface area (Å²) in [5, 5.41) is 2.58. The van der Waals surface area contributed by atoms with Crippen molar-refractivity contribution in [2.24, 2.45) is 0 Å². The molecule has 3 aromatic heterocycles. The quantitative estimate of drug-likeness (QED) is 0.453. The van der Waals surface area contributed by atoms with Crippen LogP contribution in [0.25, 0.3) is 21.6 Å². The molecule has 5 nitrogen and oxygen atoms in total. The van der Waals surface area contributed by atoms with Gasteiger partial charge in [-0.2, -0.15) is 0 Å². The van der Waals surface area contributed by atoms with Crippen LogP contribution in [0.5, 0.6) is 0 Å². The zero-order chi connectivity index (χ0) is 18.5. The van der Waals surface area contributed by atoms with Crippen molar-refractivity contribution in [1.29, 1.82) is 0 Å². The van der Waals surface area contributed by atoms with Crippen LogP contribution in [0.3, 0.4) is 0 Å². The number of benzene rings is 1. The third kappa shape index (κ3) is 2.87. The molecule has 0 radical (unpaired) electrons. The first-order valence-electron chi connectivity index (χ1n) is 7.78. The van der Waals surface area contributed by atoms with Gasteiger partial charge in [-0.3, -0.25) is 4.98 Å². The summed E-state index contributed by atoms with van der Waals surface area (Å²) < 4.78 is 28.4. The molecule has 0 aliphatic rings. The van der Waals surface area contributed by atoms with Crippen molar-refractivity contribution < 1.29 is 8.42 Å². The Labute approximate surface area is 163 Å². The number of halogens is 1. The third-order valence-electron chi connectivity index (χ3n) is 4.04. The summed E-state index contributed by atoms with van der Waals surface area (Å²) >= 11 is 4.79. The fourth-order valence-corrected chi connectivity index (χ4v) is 5.35. The van der Waals surface area contributed by atoms with E-state index in [1.165, 1.54) is 15.3 Å². The van der Waals surface area contributed by atoms with E-state index in [4.69, 9.17) is 0 Å². The minimum absolute atomic E-state index is 0.243. The average Bonchev–Trinajstić information content (AvgIpc) is 3.18. The lowest BCUT2D eigenvalue weighted by molar-refractivity contribution is 0.589. The highest BCUT2D eigenvalue weighted by atomic mass is 79.9. The highest BCUT2D eigenvalue weighted by Crippen LogP contribution is 2.34. The summed E-state index contributed by atoms with van der Waals surface area (Å²) in [6.07, 6.45) is 1.61. The van der Waals surface area contributed by atoms with E-state index in [-0.39, 0.29) is 4.90 Å². The standard InChI is InChI=1S/C18H14BrN3O2S2/c1-11-3-6-13(7-4-11)26(23,24)22-9-14(18-21-16(19)10-25-18)17-15(22)8-5-12(2)20-17/h3-10H,1-2H3. The molecule has 0 fully saturated rings. The Morgan fingerprint density at radius 1 is 1.04 bits per heavy atom. The van der Waals surface area contributed by atoms with Crippen LogP contribution in [0.15, 0.2) is 57.5 Å². The Hall–Kier alpha value is -2.03. The number of nitrogens with zero attached hydrogens (tertiary/aromatic N) is 3. The molecule has 0 saturated heterocycles. The van der Waals surface area contributed by atoms with Crippen molar-refractivity contribution in [1.82, 2.24) is 13.9 Å². The molecule has 8 heteroatoms. The third-order valence-corrected chi connectivity index (χ3v) is 7.31. The molecule has 0 aliphatic heterocycles. The van der Waals surface area contributed by atoms with Crippen LogP contribution in [0, 0.1) is 13.8 Å². The van der Waals surface area contributed by atoms with Crippen molar-refractivity contribution in [3.05, 3.63) is 63.8 Å².